The van der Waals surface area contributed by atoms with Crippen molar-refractivity contribution >= 4 is 56.5 Å². The van der Waals surface area contributed by atoms with Gasteiger partial charge >= 0.3 is 0 Å². The monoisotopic (exact) mass is 615 g/mol. The number of benzene rings is 3. The minimum Gasteiger partial charge on any atom is -0.490 e. The molecule has 0 unspecified atom stereocenters. The van der Waals surface area contributed by atoms with E-state index in [9.17, 15) is 9.59 Å². The molecular formula is C28H23BrClNO6S. The Labute approximate surface area is 237 Å². The van der Waals surface area contributed by atoms with Crippen LogP contribution in [0.5, 0.6) is 23.0 Å². The highest BCUT2D eigenvalue weighted by Crippen LogP contribution is 2.41. The maximum atomic E-state index is 13.2. The fourth-order valence-electron chi connectivity index (χ4n) is 4.07. The molecule has 2 heterocycles. The molecule has 0 aliphatic carbocycles. The molecule has 0 saturated carbocycles. The molecule has 0 N–H and O–H groups in total. The second-order valence-corrected chi connectivity index (χ2v) is 10.9. The SMILES string of the molecule is CCOc1cc(/C=C2\SC(=O)N(Cc3cc4c(cc3Cl)OCO4)C2=O)cc(Br)c1OCc1cccc(C)c1. The summed E-state index contributed by atoms with van der Waals surface area (Å²) in [5.41, 5.74) is 3.48. The Hall–Kier alpha value is -3.14. The van der Waals surface area contributed by atoms with E-state index in [1.165, 1.54) is 0 Å². The van der Waals surface area contributed by atoms with Crippen LogP contribution >= 0.6 is 39.3 Å². The van der Waals surface area contributed by atoms with E-state index in [0.717, 1.165) is 27.8 Å². The molecule has 5 rings (SSSR count). The third-order valence-corrected chi connectivity index (χ3v) is 7.69. The smallest absolute Gasteiger partial charge is 0.293 e. The molecule has 0 atom stereocenters. The number of aryl methyl sites for hydroxylation is 1. The highest BCUT2D eigenvalue weighted by Gasteiger charge is 2.36. The van der Waals surface area contributed by atoms with Gasteiger partial charge in [-0.05, 0) is 82.5 Å². The number of carbonyl (C=O) groups excluding carboxylic acids is 2. The number of amides is 2. The third kappa shape index (κ3) is 5.65. The molecule has 2 aliphatic rings. The number of ether oxygens (including phenoxy) is 4. The van der Waals surface area contributed by atoms with Crippen LogP contribution in [0.25, 0.3) is 6.08 Å². The van der Waals surface area contributed by atoms with Crippen molar-refractivity contribution in [2.24, 2.45) is 0 Å². The van der Waals surface area contributed by atoms with Crippen LogP contribution in [0, 0.1) is 6.92 Å². The summed E-state index contributed by atoms with van der Waals surface area (Å²) in [5, 5.41) is 0.0148. The van der Waals surface area contributed by atoms with Crippen LogP contribution in [0.4, 0.5) is 4.79 Å². The van der Waals surface area contributed by atoms with Crippen LogP contribution in [-0.2, 0) is 17.9 Å². The van der Waals surface area contributed by atoms with Gasteiger partial charge < -0.3 is 18.9 Å². The third-order valence-electron chi connectivity index (χ3n) is 5.84. The van der Waals surface area contributed by atoms with Crippen molar-refractivity contribution in [3.63, 3.8) is 0 Å². The molecule has 3 aromatic carbocycles. The largest absolute Gasteiger partial charge is 0.490 e. The van der Waals surface area contributed by atoms with Crippen LogP contribution in [0.15, 0.2) is 57.9 Å². The number of nitrogens with zero attached hydrogens (tertiary/aromatic N) is 1. The first-order valence-electron chi connectivity index (χ1n) is 11.8. The Morgan fingerprint density at radius 1 is 1.11 bits per heavy atom. The lowest BCUT2D eigenvalue weighted by atomic mass is 10.1. The topological polar surface area (TPSA) is 74.3 Å². The quantitative estimate of drug-likeness (QED) is 0.245. The second kappa shape index (κ2) is 11.3. The van der Waals surface area contributed by atoms with Crippen molar-refractivity contribution in [2.45, 2.75) is 27.0 Å². The van der Waals surface area contributed by atoms with Crippen LogP contribution in [0.2, 0.25) is 5.02 Å². The van der Waals surface area contributed by atoms with Gasteiger partial charge in [-0.3, -0.25) is 14.5 Å². The zero-order valence-corrected chi connectivity index (χ0v) is 23.7. The highest BCUT2D eigenvalue weighted by molar-refractivity contribution is 9.10. The standard InChI is InChI=1S/C28H23BrClNO6S/c1-3-34-24-9-18(8-20(29)26(24)35-14-17-6-4-5-16(2)7-17)10-25-27(32)31(28(33)38-25)13-19-11-22-23(12-21(19)30)37-15-36-22/h4-12H,3,13-15H2,1-2H3/b25-10-. The van der Waals surface area contributed by atoms with E-state index < -0.39 is 5.91 Å². The van der Waals surface area contributed by atoms with E-state index in [2.05, 4.69) is 22.0 Å². The molecular weight excluding hydrogens is 594 g/mol. The molecule has 2 amide bonds. The van der Waals surface area contributed by atoms with Gasteiger partial charge in [0, 0.05) is 11.1 Å². The molecule has 0 bridgehead atoms. The van der Waals surface area contributed by atoms with Gasteiger partial charge in [-0.1, -0.05) is 41.4 Å². The molecule has 0 radical (unpaired) electrons. The van der Waals surface area contributed by atoms with Crippen molar-refractivity contribution in [3.05, 3.63) is 85.2 Å². The van der Waals surface area contributed by atoms with Crippen molar-refractivity contribution in [3.8, 4) is 23.0 Å². The number of imide groups is 1. The number of hydrogen-bond donors (Lipinski definition) is 0. The van der Waals surface area contributed by atoms with E-state index in [1.807, 2.05) is 38.1 Å². The first kappa shape index (κ1) is 26.5. The Morgan fingerprint density at radius 2 is 1.89 bits per heavy atom. The average Bonchev–Trinajstić information content (AvgIpc) is 3.43. The molecule has 0 spiro atoms. The van der Waals surface area contributed by atoms with Crippen molar-refractivity contribution in [2.75, 3.05) is 13.4 Å². The number of hydrogen-bond acceptors (Lipinski definition) is 7. The molecule has 38 heavy (non-hydrogen) atoms. The molecule has 10 heteroatoms. The summed E-state index contributed by atoms with van der Waals surface area (Å²) in [5.74, 6) is 1.77. The number of carbonyl (C=O) groups is 2. The predicted molar refractivity (Wildman–Crippen MR) is 150 cm³/mol. The molecule has 1 fully saturated rings. The second-order valence-electron chi connectivity index (χ2n) is 8.61. The summed E-state index contributed by atoms with van der Waals surface area (Å²) in [6, 6.07) is 15.0. The molecule has 3 aromatic rings. The van der Waals surface area contributed by atoms with Crippen molar-refractivity contribution < 1.29 is 28.5 Å². The molecule has 2 aliphatic heterocycles. The van der Waals surface area contributed by atoms with Gasteiger partial charge in [-0.15, -0.1) is 0 Å². The fourth-order valence-corrected chi connectivity index (χ4v) is 5.70. The first-order chi connectivity index (χ1) is 18.3. The van der Waals surface area contributed by atoms with Crippen molar-refractivity contribution in [1.82, 2.24) is 4.90 Å². The Bertz CT molecular complexity index is 1460. The van der Waals surface area contributed by atoms with Crippen molar-refractivity contribution in [1.29, 1.82) is 0 Å². The maximum Gasteiger partial charge on any atom is 0.293 e. The summed E-state index contributed by atoms with van der Waals surface area (Å²) in [6.45, 7) is 4.86. The summed E-state index contributed by atoms with van der Waals surface area (Å²) in [6.07, 6.45) is 1.67. The first-order valence-corrected chi connectivity index (χ1v) is 13.8. The summed E-state index contributed by atoms with van der Waals surface area (Å²) >= 11 is 10.8. The molecule has 0 aromatic heterocycles. The molecule has 196 valence electrons. The van der Waals surface area contributed by atoms with E-state index in [0.29, 0.717) is 61.7 Å². The Balaban J connectivity index is 1.36. The van der Waals surface area contributed by atoms with Crippen LogP contribution in [-0.4, -0.2) is 29.4 Å². The normalized spacial score (nSPS) is 15.5. The summed E-state index contributed by atoms with van der Waals surface area (Å²) < 4.78 is 23.3. The summed E-state index contributed by atoms with van der Waals surface area (Å²) in [4.78, 5) is 27.4. The summed E-state index contributed by atoms with van der Waals surface area (Å²) in [7, 11) is 0. The van der Waals surface area contributed by atoms with Crippen LogP contribution < -0.4 is 18.9 Å². The Kier molecular flexibility index (Phi) is 7.88. The van der Waals surface area contributed by atoms with E-state index >= 15 is 0 Å². The fraction of sp³-hybridized carbons (Fsp3) is 0.214. The van der Waals surface area contributed by atoms with E-state index in [-0.39, 0.29) is 18.6 Å². The lowest BCUT2D eigenvalue weighted by Crippen LogP contribution is -2.27. The lowest BCUT2D eigenvalue weighted by molar-refractivity contribution is -0.123. The number of fused-ring (bicyclic) bond motifs is 1. The van der Waals surface area contributed by atoms with Crippen LogP contribution in [0.1, 0.15) is 29.2 Å². The maximum absolute atomic E-state index is 13.2. The number of thioether (sulfide) groups is 1. The molecule has 1 saturated heterocycles. The predicted octanol–water partition coefficient (Wildman–Crippen LogP) is 7.35. The molecule has 7 nitrogen and oxygen atoms in total. The number of rotatable bonds is 8. The van der Waals surface area contributed by atoms with Gasteiger partial charge in [0.1, 0.15) is 6.61 Å². The minimum absolute atomic E-state index is 0.0249. The van der Waals surface area contributed by atoms with Crippen LogP contribution in [0.3, 0.4) is 0 Å². The zero-order valence-electron chi connectivity index (χ0n) is 20.6. The minimum atomic E-state index is -0.400. The number of halogens is 2. The van der Waals surface area contributed by atoms with Gasteiger partial charge in [0.05, 0.1) is 22.5 Å². The van der Waals surface area contributed by atoms with Gasteiger partial charge in [0.15, 0.2) is 23.0 Å². The average molecular weight is 617 g/mol. The van der Waals surface area contributed by atoms with Gasteiger partial charge in [-0.2, -0.15) is 0 Å². The van der Waals surface area contributed by atoms with Gasteiger partial charge in [0.2, 0.25) is 6.79 Å². The van der Waals surface area contributed by atoms with E-state index in [4.69, 9.17) is 30.5 Å². The van der Waals surface area contributed by atoms with Gasteiger partial charge in [-0.25, -0.2) is 0 Å². The Morgan fingerprint density at radius 3 is 2.66 bits per heavy atom. The van der Waals surface area contributed by atoms with E-state index in [1.54, 1.807) is 24.3 Å². The van der Waals surface area contributed by atoms with Gasteiger partial charge in [0.25, 0.3) is 11.1 Å². The zero-order chi connectivity index (χ0) is 26.8. The lowest BCUT2D eigenvalue weighted by Gasteiger charge is -2.15. The highest BCUT2D eigenvalue weighted by atomic mass is 79.9.